The summed E-state index contributed by atoms with van der Waals surface area (Å²) in [5.74, 6) is 1.01. The predicted molar refractivity (Wildman–Crippen MR) is 94.2 cm³/mol. The summed E-state index contributed by atoms with van der Waals surface area (Å²) in [6.45, 7) is 1.98. The first kappa shape index (κ1) is 15.3. The van der Waals surface area contributed by atoms with Gasteiger partial charge in [0, 0.05) is 10.6 Å². The van der Waals surface area contributed by atoms with E-state index < -0.39 is 0 Å². The van der Waals surface area contributed by atoms with Crippen LogP contribution >= 0.6 is 11.6 Å². The van der Waals surface area contributed by atoms with Crippen molar-refractivity contribution in [3.05, 3.63) is 59.1 Å². The molecule has 0 unspecified atom stereocenters. The summed E-state index contributed by atoms with van der Waals surface area (Å²) in [6.07, 6.45) is 0. The Balaban J connectivity index is 1.72. The normalized spacial score (nSPS) is 11.0. The van der Waals surface area contributed by atoms with E-state index in [1.165, 1.54) is 4.68 Å². The minimum Gasteiger partial charge on any atom is -0.382 e. The zero-order valence-electron chi connectivity index (χ0n) is 13.2. The molecule has 0 spiro atoms. The highest BCUT2D eigenvalue weighted by molar-refractivity contribution is 6.30. The largest absolute Gasteiger partial charge is 0.382 e. The zero-order valence-corrected chi connectivity index (χ0v) is 14.0. The average molecular weight is 353 g/mol. The molecule has 2 aromatic carbocycles. The van der Waals surface area contributed by atoms with Gasteiger partial charge in [-0.3, -0.25) is 0 Å². The van der Waals surface area contributed by atoms with E-state index in [1.54, 1.807) is 24.3 Å². The van der Waals surface area contributed by atoms with E-state index in [9.17, 15) is 0 Å². The molecule has 124 valence electrons. The van der Waals surface area contributed by atoms with Crippen molar-refractivity contribution in [3.8, 4) is 28.7 Å². The molecule has 2 N–H and O–H groups in total. The fourth-order valence-electron chi connectivity index (χ4n) is 2.47. The van der Waals surface area contributed by atoms with Crippen molar-refractivity contribution in [1.82, 2.24) is 25.1 Å². The van der Waals surface area contributed by atoms with Gasteiger partial charge in [0.25, 0.3) is 5.89 Å². The second-order valence-corrected chi connectivity index (χ2v) is 5.89. The van der Waals surface area contributed by atoms with Crippen molar-refractivity contribution in [2.24, 2.45) is 0 Å². The van der Waals surface area contributed by atoms with Crippen LogP contribution in [0.3, 0.4) is 0 Å². The maximum Gasteiger partial charge on any atom is 0.282 e. The van der Waals surface area contributed by atoms with Crippen LogP contribution < -0.4 is 5.73 Å². The third-order valence-corrected chi connectivity index (χ3v) is 4.04. The Labute approximate surface area is 148 Å². The number of aromatic nitrogens is 5. The number of halogens is 1. The van der Waals surface area contributed by atoms with Crippen LogP contribution in [-0.4, -0.2) is 25.1 Å². The topological polar surface area (TPSA) is 95.7 Å². The molecule has 2 heterocycles. The molecule has 0 amide bonds. The Bertz CT molecular complexity index is 1040. The first-order valence-corrected chi connectivity index (χ1v) is 7.88. The predicted octanol–water partition coefficient (Wildman–Crippen LogP) is 3.53. The van der Waals surface area contributed by atoms with Crippen LogP contribution in [0.2, 0.25) is 5.02 Å². The summed E-state index contributed by atoms with van der Waals surface area (Å²) in [5, 5.41) is 12.8. The van der Waals surface area contributed by atoms with Gasteiger partial charge in [0.05, 0.1) is 5.69 Å². The number of hydrogen-bond acceptors (Lipinski definition) is 6. The van der Waals surface area contributed by atoms with Gasteiger partial charge in [-0.25, -0.2) is 0 Å². The number of benzene rings is 2. The van der Waals surface area contributed by atoms with Gasteiger partial charge in [0.1, 0.15) is 0 Å². The molecule has 8 heteroatoms. The summed E-state index contributed by atoms with van der Waals surface area (Å²) in [5.41, 5.74) is 9.17. The summed E-state index contributed by atoms with van der Waals surface area (Å²) < 4.78 is 6.82. The summed E-state index contributed by atoms with van der Waals surface area (Å²) in [6, 6.07) is 14.9. The minimum atomic E-state index is 0.218. The molecule has 2 aromatic heterocycles. The lowest BCUT2D eigenvalue weighted by molar-refractivity contribution is 0.431. The smallest absolute Gasteiger partial charge is 0.282 e. The molecule has 4 rings (SSSR count). The molecule has 0 bridgehead atoms. The second kappa shape index (κ2) is 6.03. The molecular weight excluding hydrogens is 340 g/mol. The average Bonchev–Trinajstić information content (AvgIpc) is 3.23. The van der Waals surface area contributed by atoms with Gasteiger partial charge >= 0.3 is 0 Å². The fraction of sp³-hybridized carbons (Fsp3) is 0.0588. The van der Waals surface area contributed by atoms with Crippen LogP contribution in [0.1, 0.15) is 5.56 Å². The van der Waals surface area contributed by atoms with Crippen molar-refractivity contribution in [2.75, 3.05) is 5.73 Å². The summed E-state index contributed by atoms with van der Waals surface area (Å²) in [7, 11) is 0. The molecule has 0 aliphatic rings. The van der Waals surface area contributed by atoms with Crippen molar-refractivity contribution in [1.29, 1.82) is 0 Å². The maximum absolute atomic E-state index is 6.16. The van der Waals surface area contributed by atoms with Crippen molar-refractivity contribution >= 4 is 17.4 Å². The van der Waals surface area contributed by atoms with Gasteiger partial charge in [-0.1, -0.05) is 46.2 Å². The lowest BCUT2D eigenvalue weighted by Gasteiger charge is -2.02. The van der Waals surface area contributed by atoms with Gasteiger partial charge in [-0.05, 0) is 36.8 Å². The highest BCUT2D eigenvalue weighted by Gasteiger charge is 2.20. The molecule has 0 aliphatic heterocycles. The van der Waals surface area contributed by atoms with Gasteiger partial charge in [0.15, 0.2) is 11.5 Å². The van der Waals surface area contributed by atoms with Gasteiger partial charge in [-0.2, -0.15) is 9.67 Å². The van der Waals surface area contributed by atoms with Gasteiger partial charge in [0.2, 0.25) is 5.82 Å². The number of nitrogens with two attached hydrogens (primary N) is 1. The first-order chi connectivity index (χ1) is 12.1. The van der Waals surface area contributed by atoms with E-state index in [0.29, 0.717) is 22.4 Å². The van der Waals surface area contributed by atoms with Crippen molar-refractivity contribution in [3.63, 3.8) is 0 Å². The van der Waals surface area contributed by atoms with Crippen molar-refractivity contribution in [2.45, 2.75) is 6.92 Å². The zero-order chi connectivity index (χ0) is 17.4. The Kier molecular flexibility index (Phi) is 3.70. The lowest BCUT2D eigenvalue weighted by atomic mass is 10.1. The molecule has 0 atom stereocenters. The van der Waals surface area contributed by atoms with E-state index in [2.05, 4.69) is 20.5 Å². The highest BCUT2D eigenvalue weighted by atomic mass is 35.5. The van der Waals surface area contributed by atoms with Crippen LogP contribution in [0.4, 0.5) is 5.82 Å². The highest BCUT2D eigenvalue weighted by Crippen LogP contribution is 2.27. The number of anilines is 1. The Hall–Kier alpha value is -3.19. The standard InChI is InChI=1S/C17H13ClN6O/c1-10-4-2-3-5-13(10)16-20-17(25-22-16)14-15(19)24(23-21-14)12-8-6-11(18)7-9-12/h2-9H,19H2,1H3. The summed E-state index contributed by atoms with van der Waals surface area (Å²) >= 11 is 5.90. The van der Waals surface area contributed by atoms with Crippen LogP contribution in [0.25, 0.3) is 28.7 Å². The summed E-state index contributed by atoms with van der Waals surface area (Å²) in [4.78, 5) is 4.40. The van der Waals surface area contributed by atoms with E-state index in [1.807, 2.05) is 31.2 Å². The monoisotopic (exact) mass is 352 g/mol. The molecular formula is C17H13ClN6O. The van der Waals surface area contributed by atoms with Crippen molar-refractivity contribution < 1.29 is 4.52 Å². The molecule has 0 aliphatic carbocycles. The Morgan fingerprint density at radius 1 is 1.08 bits per heavy atom. The van der Waals surface area contributed by atoms with E-state index in [-0.39, 0.29) is 5.89 Å². The maximum atomic E-state index is 6.16. The van der Waals surface area contributed by atoms with E-state index in [4.69, 9.17) is 21.9 Å². The third kappa shape index (κ3) is 2.74. The molecule has 0 saturated heterocycles. The molecule has 0 fully saturated rings. The second-order valence-electron chi connectivity index (χ2n) is 5.45. The number of hydrogen-bond donors (Lipinski definition) is 1. The lowest BCUT2D eigenvalue weighted by Crippen LogP contribution is -2.02. The number of nitrogens with zero attached hydrogens (tertiary/aromatic N) is 5. The van der Waals surface area contributed by atoms with Gasteiger partial charge in [-0.15, -0.1) is 5.10 Å². The van der Waals surface area contributed by atoms with Crippen LogP contribution in [0, 0.1) is 6.92 Å². The minimum absolute atomic E-state index is 0.218. The van der Waals surface area contributed by atoms with E-state index in [0.717, 1.165) is 16.8 Å². The van der Waals surface area contributed by atoms with Crippen LogP contribution in [0.5, 0.6) is 0 Å². The molecule has 4 aromatic rings. The molecule has 0 radical (unpaired) electrons. The SMILES string of the molecule is Cc1ccccc1-c1noc(-c2nnn(-c3ccc(Cl)cc3)c2N)n1. The van der Waals surface area contributed by atoms with Crippen LogP contribution in [0.15, 0.2) is 53.1 Å². The fourth-order valence-corrected chi connectivity index (χ4v) is 2.59. The van der Waals surface area contributed by atoms with E-state index >= 15 is 0 Å². The quantitative estimate of drug-likeness (QED) is 0.606. The third-order valence-electron chi connectivity index (χ3n) is 3.79. The molecule has 7 nitrogen and oxygen atoms in total. The number of rotatable bonds is 3. The number of aryl methyl sites for hydroxylation is 1. The number of nitrogen functional groups attached to an aromatic ring is 1. The Morgan fingerprint density at radius 3 is 2.60 bits per heavy atom. The first-order valence-electron chi connectivity index (χ1n) is 7.50. The Morgan fingerprint density at radius 2 is 1.84 bits per heavy atom. The van der Waals surface area contributed by atoms with Crippen LogP contribution in [-0.2, 0) is 0 Å². The van der Waals surface area contributed by atoms with Gasteiger partial charge < -0.3 is 10.3 Å². The molecule has 25 heavy (non-hydrogen) atoms. The molecule has 0 saturated carbocycles.